The molecule has 0 amide bonds. The van der Waals surface area contributed by atoms with Crippen LogP contribution in [0.5, 0.6) is 11.5 Å². The summed E-state index contributed by atoms with van der Waals surface area (Å²) in [7, 11) is 3.30. The lowest BCUT2D eigenvalue weighted by Crippen LogP contribution is -2.16. The molecule has 1 N–H and O–H groups in total. The minimum Gasteiger partial charge on any atom is -0.493 e. The third kappa shape index (κ3) is 4.41. The monoisotopic (exact) mass is 249 g/mol. The van der Waals surface area contributed by atoms with E-state index < -0.39 is 0 Å². The summed E-state index contributed by atoms with van der Waals surface area (Å²) in [6.45, 7) is 6.26. The highest BCUT2D eigenvalue weighted by atomic mass is 16.5. The van der Waals surface area contributed by atoms with Crippen LogP contribution in [0.2, 0.25) is 0 Å². The van der Waals surface area contributed by atoms with Gasteiger partial charge in [0, 0.05) is 6.54 Å². The average Bonchev–Trinajstić information content (AvgIpc) is 2.39. The van der Waals surface area contributed by atoms with Gasteiger partial charge in [-0.1, -0.05) is 24.6 Å². The summed E-state index contributed by atoms with van der Waals surface area (Å²) >= 11 is 0. The zero-order chi connectivity index (χ0) is 13.4. The van der Waals surface area contributed by atoms with Gasteiger partial charge >= 0.3 is 0 Å². The van der Waals surface area contributed by atoms with Gasteiger partial charge in [0.1, 0.15) is 0 Å². The standard InChI is InChI=1S/C15H23NO2/c1-5-8-16-11-12(2)9-13-6-7-14(17-3)15(10-13)18-4/h6-7,9-10,16H,5,8,11H2,1-4H3. The highest BCUT2D eigenvalue weighted by Gasteiger charge is 2.03. The van der Waals surface area contributed by atoms with Crippen molar-refractivity contribution < 1.29 is 9.47 Å². The Morgan fingerprint density at radius 3 is 2.56 bits per heavy atom. The van der Waals surface area contributed by atoms with Crippen LogP contribution in [0.3, 0.4) is 0 Å². The van der Waals surface area contributed by atoms with Crippen molar-refractivity contribution in [3.8, 4) is 11.5 Å². The number of methoxy groups -OCH3 is 2. The second-order valence-corrected chi connectivity index (χ2v) is 4.28. The van der Waals surface area contributed by atoms with Gasteiger partial charge in [0.05, 0.1) is 14.2 Å². The van der Waals surface area contributed by atoms with Crippen LogP contribution in [-0.2, 0) is 0 Å². The molecule has 0 aliphatic carbocycles. The molecule has 0 atom stereocenters. The quantitative estimate of drug-likeness (QED) is 0.753. The van der Waals surface area contributed by atoms with Crippen molar-refractivity contribution in [3.05, 3.63) is 29.3 Å². The fraction of sp³-hybridized carbons (Fsp3) is 0.467. The van der Waals surface area contributed by atoms with Crippen molar-refractivity contribution in [3.63, 3.8) is 0 Å². The van der Waals surface area contributed by atoms with Crippen LogP contribution < -0.4 is 14.8 Å². The fourth-order valence-electron chi connectivity index (χ4n) is 1.74. The highest BCUT2D eigenvalue weighted by molar-refractivity contribution is 5.58. The van der Waals surface area contributed by atoms with Crippen LogP contribution in [0, 0.1) is 0 Å². The molecule has 0 saturated carbocycles. The molecule has 0 radical (unpaired) electrons. The van der Waals surface area contributed by atoms with E-state index in [9.17, 15) is 0 Å². The van der Waals surface area contributed by atoms with Gasteiger partial charge in [0.2, 0.25) is 0 Å². The van der Waals surface area contributed by atoms with Crippen LogP contribution in [0.15, 0.2) is 23.8 Å². The second-order valence-electron chi connectivity index (χ2n) is 4.28. The van der Waals surface area contributed by atoms with Crippen LogP contribution in [0.4, 0.5) is 0 Å². The predicted molar refractivity (Wildman–Crippen MR) is 76.4 cm³/mol. The molecular formula is C15H23NO2. The Bertz CT molecular complexity index is 399. The van der Waals surface area contributed by atoms with E-state index in [-0.39, 0.29) is 0 Å². The zero-order valence-electron chi connectivity index (χ0n) is 11.7. The van der Waals surface area contributed by atoms with Crippen LogP contribution in [0.25, 0.3) is 6.08 Å². The van der Waals surface area contributed by atoms with Crippen molar-refractivity contribution in [1.82, 2.24) is 5.32 Å². The van der Waals surface area contributed by atoms with Gasteiger partial charge in [-0.15, -0.1) is 0 Å². The Hall–Kier alpha value is -1.48. The summed E-state index contributed by atoms with van der Waals surface area (Å²) < 4.78 is 10.5. The first-order valence-corrected chi connectivity index (χ1v) is 6.31. The molecule has 1 aromatic rings. The minimum absolute atomic E-state index is 0.761. The first kappa shape index (κ1) is 14.6. The molecule has 0 bridgehead atoms. The van der Waals surface area contributed by atoms with Gasteiger partial charge in [-0.3, -0.25) is 0 Å². The molecular weight excluding hydrogens is 226 g/mol. The summed E-state index contributed by atoms with van der Waals surface area (Å²) in [4.78, 5) is 0. The van der Waals surface area contributed by atoms with E-state index in [4.69, 9.17) is 9.47 Å². The molecule has 0 aliphatic rings. The van der Waals surface area contributed by atoms with Gasteiger partial charge in [-0.25, -0.2) is 0 Å². The highest BCUT2D eigenvalue weighted by Crippen LogP contribution is 2.28. The summed E-state index contributed by atoms with van der Waals surface area (Å²) in [6, 6.07) is 5.95. The maximum Gasteiger partial charge on any atom is 0.161 e. The van der Waals surface area contributed by atoms with Crippen molar-refractivity contribution in [1.29, 1.82) is 0 Å². The van der Waals surface area contributed by atoms with E-state index in [1.54, 1.807) is 14.2 Å². The van der Waals surface area contributed by atoms with Crippen molar-refractivity contribution in [2.24, 2.45) is 0 Å². The van der Waals surface area contributed by atoms with Gasteiger partial charge in [-0.05, 0) is 37.6 Å². The minimum atomic E-state index is 0.761. The van der Waals surface area contributed by atoms with Crippen molar-refractivity contribution in [2.75, 3.05) is 27.3 Å². The van der Waals surface area contributed by atoms with E-state index in [0.717, 1.165) is 36.6 Å². The van der Waals surface area contributed by atoms with Gasteiger partial charge < -0.3 is 14.8 Å². The van der Waals surface area contributed by atoms with E-state index in [0.29, 0.717) is 0 Å². The molecule has 18 heavy (non-hydrogen) atoms. The number of hydrogen-bond donors (Lipinski definition) is 1. The number of hydrogen-bond acceptors (Lipinski definition) is 3. The Morgan fingerprint density at radius 1 is 1.22 bits per heavy atom. The lowest BCUT2D eigenvalue weighted by Gasteiger charge is -2.08. The summed E-state index contributed by atoms with van der Waals surface area (Å²) in [5.74, 6) is 1.52. The maximum absolute atomic E-state index is 5.29. The zero-order valence-corrected chi connectivity index (χ0v) is 11.7. The largest absolute Gasteiger partial charge is 0.493 e. The summed E-state index contributed by atoms with van der Waals surface area (Å²) in [5.41, 5.74) is 2.43. The molecule has 3 nitrogen and oxygen atoms in total. The molecule has 0 aliphatic heterocycles. The molecule has 3 heteroatoms. The smallest absolute Gasteiger partial charge is 0.161 e. The topological polar surface area (TPSA) is 30.5 Å². The third-order valence-electron chi connectivity index (χ3n) is 2.65. The normalized spacial score (nSPS) is 11.4. The first-order chi connectivity index (χ1) is 8.71. The second kappa shape index (κ2) is 7.77. The number of nitrogens with one attached hydrogen (secondary N) is 1. The molecule has 0 heterocycles. The van der Waals surface area contributed by atoms with Gasteiger partial charge in [0.15, 0.2) is 11.5 Å². The van der Waals surface area contributed by atoms with Gasteiger partial charge in [-0.2, -0.15) is 0 Å². The Kier molecular flexibility index (Phi) is 6.29. The maximum atomic E-state index is 5.29. The summed E-state index contributed by atoms with van der Waals surface area (Å²) in [5, 5.41) is 3.38. The van der Waals surface area contributed by atoms with Crippen LogP contribution >= 0.6 is 0 Å². The van der Waals surface area contributed by atoms with E-state index in [1.165, 1.54) is 5.57 Å². The number of benzene rings is 1. The third-order valence-corrected chi connectivity index (χ3v) is 2.65. The molecule has 100 valence electrons. The van der Waals surface area contributed by atoms with Crippen molar-refractivity contribution in [2.45, 2.75) is 20.3 Å². The molecule has 1 aromatic carbocycles. The molecule has 0 aromatic heterocycles. The Labute approximate surface area is 110 Å². The van der Waals surface area contributed by atoms with Crippen molar-refractivity contribution >= 4 is 6.08 Å². The fourth-order valence-corrected chi connectivity index (χ4v) is 1.74. The number of rotatable bonds is 7. The molecule has 0 unspecified atom stereocenters. The molecule has 0 fully saturated rings. The predicted octanol–water partition coefficient (Wildman–Crippen LogP) is 3.11. The van der Waals surface area contributed by atoms with Crippen LogP contribution in [-0.4, -0.2) is 27.3 Å². The van der Waals surface area contributed by atoms with Gasteiger partial charge in [0.25, 0.3) is 0 Å². The summed E-state index contributed by atoms with van der Waals surface area (Å²) in [6.07, 6.45) is 3.31. The Morgan fingerprint density at radius 2 is 1.94 bits per heavy atom. The lowest BCUT2D eigenvalue weighted by molar-refractivity contribution is 0.355. The lowest BCUT2D eigenvalue weighted by atomic mass is 10.1. The Balaban J connectivity index is 2.74. The van der Waals surface area contributed by atoms with E-state index in [1.807, 2.05) is 18.2 Å². The molecule has 0 spiro atoms. The average molecular weight is 249 g/mol. The number of ether oxygens (including phenoxy) is 2. The van der Waals surface area contributed by atoms with E-state index >= 15 is 0 Å². The van der Waals surface area contributed by atoms with E-state index in [2.05, 4.69) is 25.2 Å². The molecule has 0 saturated heterocycles. The molecule has 1 rings (SSSR count). The van der Waals surface area contributed by atoms with Crippen LogP contribution in [0.1, 0.15) is 25.8 Å². The SMILES string of the molecule is CCCNCC(C)=Cc1ccc(OC)c(OC)c1. The first-order valence-electron chi connectivity index (χ1n) is 6.31.